The van der Waals surface area contributed by atoms with Crippen LogP contribution in [0.2, 0.25) is 0 Å². The summed E-state index contributed by atoms with van der Waals surface area (Å²) in [6, 6.07) is 19.4. The molecule has 0 saturated heterocycles. The van der Waals surface area contributed by atoms with E-state index in [1.54, 1.807) is 12.1 Å². The van der Waals surface area contributed by atoms with E-state index in [-0.39, 0.29) is 38.1 Å². The van der Waals surface area contributed by atoms with E-state index >= 15 is 0 Å². The number of para-hydroxylation sites is 1. The summed E-state index contributed by atoms with van der Waals surface area (Å²) < 4.78 is 5.67. The van der Waals surface area contributed by atoms with Crippen LogP contribution in [0.15, 0.2) is 63.8 Å². The molecule has 0 saturated carbocycles. The molecule has 2 aromatic carbocycles. The zero-order valence-corrected chi connectivity index (χ0v) is 16.4. The summed E-state index contributed by atoms with van der Waals surface area (Å²) in [5.74, 6) is 0.481. The predicted molar refractivity (Wildman–Crippen MR) is 89.5 cm³/mol. The van der Waals surface area contributed by atoms with Crippen molar-refractivity contribution in [3.8, 4) is 11.3 Å². The molecule has 113 valence electrons. The summed E-state index contributed by atoms with van der Waals surface area (Å²) in [5, 5.41) is 0.562. The largest absolute Gasteiger partial charge is 0.495 e. The molecule has 2 nitrogen and oxygen atoms in total. The van der Waals surface area contributed by atoms with Crippen molar-refractivity contribution in [2.24, 2.45) is 0 Å². The van der Waals surface area contributed by atoms with Crippen molar-refractivity contribution in [2.75, 3.05) is 0 Å². The Bertz CT molecular complexity index is 718. The average molecular weight is 370 g/mol. The smallest absolute Gasteiger partial charge is 0.0825 e. The first-order chi connectivity index (χ1) is 10.3. The molecular weight excluding hydrogens is 349 g/mol. The fourth-order valence-electron chi connectivity index (χ4n) is 1.77. The molecule has 0 N–H and O–H groups in total. The molecule has 0 unspecified atom stereocenters. The molecule has 1 heterocycles. The fourth-order valence-corrected chi connectivity index (χ4v) is 1.77. The summed E-state index contributed by atoms with van der Waals surface area (Å²) in [4.78, 5) is 11.9. The molecule has 0 bridgehead atoms. The van der Waals surface area contributed by atoms with Crippen LogP contribution in [-0.4, -0.2) is 0 Å². The first-order valence-corrected chi connectivity index (χ1v) is 7.35. The van der Waals surface area contributed by atoms with Crippen molar-refractivity contribution in [3.05, 3.63) is 70.9 Å². The maximum Gasteiger partial charge on any atom is 0.0825 e. The van der Waals surface area contributed by atoms with Crippen molar-refractivity contribution < 1.29 is 37.1 Å². The van der Waals surface area contributed by atoms with Crippen LogP contribution in [0.5, 0.6) is 0 Å². The van der Waals surface area contributed by atoms with E-state index in [0.717, 1.165) is 5.56 Å². The van der Waals surface area contributed by atoms with Gasteiger partial charge in [-0.1, -0.05) is 69.7 Å². The molecule has 3 aromatic rings. The van der Waals surface area contributed by atoms with Gasteiger partial charge in [-0.25, -0.2) is 0 Å². The van der Waals surface area contributed by atoms with Crippen LogP contribution < -0.4 is 5.43 Å². The third-order valence-corrected chi connectivity index (χ3v) is 2.61. The van der Waals surface area contributed by atoms with Crippen LogP contribution >= 0.6 is 0 Å². The monoisotopic (exact) mass is 370 g/mol. The number of hydrogen-bond acceptors (Lipinski definition) is 2. The van der Waals surface area contributed by atoms with Gasteiger partial charge in [-0.05, 0) is 11.5 Å². The predicted octanol–water partition coefficient (Wildman–Crippen LogP) is 5.31. The average Bonchev–Trinajstić information content (AvgIpc) is 2.59. The molecule has 3 heteroatoms. The van der Waals surface area contributed by atoms with Crippen LogP contribution in [-0.2, 0) is 32.7 Å². The molecule has 0 fully saturated rings. The molecule has 0 aliphatic rings. The number of benzene rings is 2. The van der Waals surface area contributed by atoms with E-state index in [9.17, 15) is 4.79 Å². The second-order valence-corrected chi connectivity index (χ2v) is 3.75. The summed E-state index contributed by atoms with van der Waals surface area (Å²) in [7, 11) is 0. The Balaban J connectivity index is 0.000000819. The van der Waals surface area contributed by atoms with Gasteiger partial charge < -0.3 is 9.21 Å². The first kappa shape index (κ1) is 20.8. The van der Waals surface area contributed by atoms with Crippen LogP contribution in [0.25, 0.3) is 22.3 Å². The molecule has 22 heavy (non-hydrogen) atoms. The maximum atomic E-state index is 11.9. The minimum atomic E-state index is -0.134. The van der Waals surface area contributed by atoms with Crippen LogP contribution in [0.4, 0.5) is 0 Å². The summed E-state index contributed by atoms with van der Waals surface area (Å²) in [6.07, 6.45) is 0. The van der Waals surface area contributed by atoms with Crippen molar-refractivity contribution in [3.63, 3.8) is 0 Å². The zero-order chi connectivity index (χ0) is 15.7. The van der Waals surface area contributed by atoms with E-state index in [4.69, 9.17) is 4.42 Å². The topological polar surface area (TPSA) is 30.2 Å². The van der Waals surface area contributed by atoms with Gasteiger partial charge in [0, 0.05) is 38.5 Å². The summed E-state index contributed by atoms with van der Waals surface area (Å²) in [5.41, 5.74) is 1.32. The van der Waals surface area contributed by atoms with Crippen molar-refractivity contribution >= 4 is 11.0 Å². The second kappa shape index (κ2) is 11.3. The molecule has 1 radical (unpaired) electrons. The van der Waals surface area contributed by atoms with E-state index in [2.05, 4.69) is 6.07 Å². The SMILES string of the molecule is CC.CC.O=c1[c-]c(-c2ccccc2)oc2ccccc12.[Y]. The number of fused-ring (bicyclic) bond motifs is 1. The second-order valence-electron chi connectivity index (χ2n) is 3.75. The zero-order valence-electron chi connectivity index (χ0n) is 13.6. The van der Waals surface area contributed by atoms with E-state index in [0.29, 0.717) is 16.7 Å². The Morgan fingerprint density at radius 1 is 0.818 bits per heavy atom. The third kappa shape index (κ3) is 5.19. The van der Waals surface area contributed by atoms with Gasteiger partial charge in [0.05, 0.1) is 11.0 Å². The molecule has 0 aliphatic carbocycles. The quantitative estimate of drug-likeness (QED) is 0.544. The molecule has 1 aromatic heterocycles. The minimum Gasteiger partial charge on any atom is -0.495 e. The normalized spacial score (nSPS) is 8.73. The maximum absolute atomic E-state index is 11.9. The van der Waals surface area contributed by atoms with Crippen molar-refractivity contribution in [1.82, 2.24) is 0 Å². The standard InChI is InChI=1S/C15H9O2.2C2H6.Y/c16-13-10-15(11-6-2-1-3-7-11)17-14-9-5-4-8-12(13)14;2*1-2;/h1-9H;2*1-2H3;/q-1;;;. The molecule has 0 aliphatic heterocycles. The first-order valence-electron chi connectivity index (χ1n) is 7.35. The van der Waals surface area contributed by atoms with Crippen LogP contribution in [0.3, 0.4) is 0 Å². The van der Waals surface area contributed by atoms with Gasteiger partial charge in [-0.15, -0.1) is 18.2 Å². The Morgan fingerprint density at radius 3 is 2.00 bits per heavy atom. The van der Waals surface area contributed by atoms with E-state index in [1.807, 2.05) is 70.2 Å². The van der Waals surface area contributed by atoms with Gasteiger partial charge in [0.2, 0.25) is 0 Å². The van der Waals surface area contributed by atoms with E-state index in [1.165, 1.54) is 0 Å². The molecule has 0 spiro atoms. The van der Waals surface area contributed by atoms with Crippen molar-refractivity contribution in [1.29, 1.82) is 0 Å². The Kier molecular flexibility index (Phi) is 10.7. The Labute approximate surface area is 157 Å². The van der Waals surface area contributed by atoms with Gasteiger partial charge in [0.25, 0.3) is 0 Å². The molecule has 0 atom stereocenters. The molecule has 3 rings (SSSR count). The van der Waals surface area contributed by atoms with Crippen molar-refractivity contribution in [2.45, 2.75) is 27.7 Å². The van der Waals surface area contributed by atoms with Gasteiger partial charge in [0.15, 0.2) is 0 Å². The van der Waals surface area contributed by atoms with Crippen LogP contribution in [0.1, 0.15) is 27.7 Å². The Morgan fingerprint density at radius 2 is 1.36 bits per heavy atom. The molecule has 0 amide bonds. The van der Waals surface area contributed by atoms with Gasteiger partial charge in [-0.2, -0.15) is 0 Å². The van der Waals surface area contributed by atoms with E-state index < -0.39 is 0 Å². The summed E-state index contributed by atoms with van der Waals surface area (Å²) in [6.45, 7) is 8.00. The minimum absolute atomic E-state index is 0. The fraction of sp³-hybridized carbons (Fsp3) is 0.211. The number of hydrogen-bond donors (Lipinski definition) is 0. The number of rotatable bonds is 1. The van der Waals surface area contributed by atoms with Gasteiger partial charge in [-0.3, -0.25) is 0 Å². The van der Waals surface area contributed by atoms with Gasteiger partial charge >= 0.3 is 0 Å². The van der Waals surface area contributed by atoms with Gasteiger partial charge in [0.1, 0.15) is 0 Å². The summed E-state index contributed by atoms with van der Waals surface area (Å²) >= 11 is 0. The Hall–Kier alpha value is -1.25. The third-order valence-electron chi connectivity index (χ3n) is 2.61. The molecular formula is C19H21O2Y-. The van der Waals surface area contributed by atoms with Crippen LogP contribution in [0, 0.1) is 6.07 Å².